The molecule has 1 aromatic carbocycles. The number of halogens is 1. The van der Waals surface area contributed by atoms with Crippen molar-refractivity contribution >= 4 is 12.7 Å². The molecule has 2 N–H and O–H groups in total. The smallest absolute Gasteiger partial charge is 0.155 e. The molecule has 3 rings (SSSR count). The molecule has 0 fully saturated rings. The summed E-state index contributed by atoms with van der Waals surface area (Å²) in [7, 11) is 2.22. The van der Waals surface area contributed by atoms with Gasteiger partial charge in [0.1, 0.15) is 5.82 Å². The predicted octanol–water partition coefficient (Wildman–Crippen LogP) is 2.00. The van der Waals surface area contributed by atoms with E-state index < -0.39 is 0 Å². The lowest BCUT2D eigenvalue weighted by Gasteiger charge is -2.12. The molecule has 1 aromatic heterocycles. The molecule has 2 heterocycles. The van der Waals surface area contributed by atoms with Gasteiger partial charge in [0, 0.05) is 17.7 Å². The van der Waals surface area contributed by atoms with Gasteiger partial charge < -0.3 is 5.73 Å². The summed E-state index contributed by atoms with van der Waals surface area (Å²) in [6.07, 6.45) is 2.89. The molecule has 2 aromatic rings. The van der Waals surface area contributed by atoms with E-state index >= 15 is 0 Å². The van der Waals surface area contributed by atoms with Crippen molar-refractivity contribution in [3.8, 4) is 11.3 Å². The van der Waals surface area contributed by atoms with Crippen LogP contribution in [0.1, 0.15) is 16.8 Å². The Balaban J connectivity index is 2.14. The molecule has 1 aliphatic rings. The number of pyridine rings is 1. The number of hydrogen-bond donors (Lipinski definition) is 1. The van der Waals surface area contributed by atoms with E-state index in [1.54, 1.807) is 6.92 Å². The summed E-state index contributed by atoms with van der Waals surface area (Å²) in [4.78, 5) is 4.74. The molecule has 101 valence electrons. The van der Waals surface area contributed by atoms with Crippen molar-refractivity contribution < 1.29 is 4.39 Å². The minimum atomic E-state index is -0.174. The molecule has 0 aliphatic carbocycles. The van der Waals surface area contributed by atoms with Crippen LogP contribution in [0, 0.1) is 12.7 Å². The number of nitrogens with two attached hydrogens (primary N) is 1. The highest BCUT2D eigenvalue weighted by molar-refractivity contribution is 6.57. The van der Waals surface area contributed by atoms with E-state index in [2.05, 4.69) is 13.3 Å². The first-order chi connectivity index (χ1) is 9.69. The van der Waals surface area contributed by atoms with Gasteiger partial charge in [-0.15, -0.1) is 0 Å². The lowest BCUT2D eigenvalue weighted by atomic mass is 9.70. The molecule has 4 heteroatoms. The van der Waals surface area contributed by atoms with E-state index in [9.17, 15) is 4.39 Å². The number of hydrogen-bond acceptors (Lipinski definition) is 2. The van der Waals surface area contributed by atoms with Gasteiger partial charge in [-0.1, -0.05) is 17.3 Å². The van der Waals surface area contributed by atoms with Crippen molar-refractivity contribution in [3.63, 3.8) is 0 Å². The Morgan fingerprint density at radius 2 is 2.20 bits per heavy atom. The maximum atomic E-state index is 13.4. The topological polar surface area (TPSA) is 38.9 Å². The molecular formula is C16H17BFN2. The summed E-state index contributed by atoms with van der Waals surface area (Å²) in [6, 6.07) is 7.36. The Kier molecular flexibility index (Phi) is 3.57. The first-order valence-electron chi connectivity index (χ1n) is 7.01. The summed E-state index contributed by atoms with van der Waals surface area (Å²) < 4.78 is 13.4. The molecule has 0 spiro atoms. The third-order valence-electron chi connectivity index (χ3n) is 3.79. The van der Waals surface area contributed by atoms with Crippen LogP contribution in [-0.4, -0.2) is 18.8 Å². The maximum Gasteiger partial charge on any atom is 0.155 e. The Morgan fingerprint density at radius 3 is 2.95 bits per heavy atom. The fourth-order valence-corrected chi connectivity index (χ4v) is 2.76. The molecule has 2 nitrogen and oxygen atoms in total. The van der Waals surface area contributed by atoms with Crippen LogP contribution in [-0.2, 0) is 12.8 Å². The Labute approximate surface area is 119 Å². The fourth-order valence-electron chi connectivity index (χ4n) is 2.76. The van der Waals surface area contributed by atoms with Crippen molar-refractivity contribution in [1.29, 1.82) is 0 Å². The summed E-state index contributed by atoms with van der Waals surface area (Å²) in [6.45, 7) is 2.38. The highest BCUT2D eigenvalue weighted by atomic mass is 19.1. The van der Waals surface area contributed by atoms with Crippen molar-refractivity contribution in [1.82, 2.24) is 4.98 Å². The van der Waals surface area contributed by atoms with Crippen LogP contribution >= 0.6 is 0 Å². The fraction of sp³-hybridized carbons (Fsp3) is 0.312. The second-order valence-corrected chi connectivity index (χ2v) is 5.28. The molecule has 0 unspecified atom stereocenters. The van der Waals surface area contributed by atoms with Crippen LogP contribution in [0.2, 0.25) is 6.32 Å². The first-order valence-corrected chi connectivity index (χ1v) is 7.01. The van der Waals surface area contributed by atoms with Crippen molar-refractivity contribution in [3.05, 3.63) is 46.9 Å². The van der Waals surface area contributed by atoms with Crippen LogP contribution in [0.25, 0.3) is 11.3 Å². The van der Waals surface area contributed by atoms with Crippen LogP contribution < -0.4 is 11.2 Å². The monoisotopic (exact) mass is 267 g/mol. The highest BCUT2D eigenvalue weighted by Crippen LogP contribution is 2.23. The quantitative estimate of drug-likeness (QED) is 0.864. The van der Waals surface area contributed by atoms with E-state index in [1.165, 1.54) is 17.1 Å². The zero-order valence-corrected chi connectivity index (χ0v) is 11.6. The van der Waals surface area contributed by atoms with Crippen molar-refractivity contribution in [2.45, 2.75) is 26.1 Å². The number of aryl methyl sites for hydroxylation is 2. The van der Waals surface area contributed by atoms with E-state index in [0.29, 0.717) is 12.1 Å². The van der Waals surface area contributed by atoms with E-state index in [1.807, 2.05) is 12.1 Å². The minimum absolute atomic E-state index is 0.174. The van der Waals surface area contributed by atoms with Crippen LogP contribution in [0.3, 0.4) is 0 Å². The van der Waals surface area contributed by atoms with Gasteiger partial charge in [-0.2, -0.15) is 0 Å². The van der Waals surface area contributed by atoms with Crippen LogP contribution in [0.4, 0.5) is 4.39 Å². The number of aromatic nitrogens is 1. The second kappa shape index (κ2) is 5.37. The largest absolute Gasteiger partial charge is 0.330 e. The minimum Gasteiger partial charge on any atom is -0.330 e. The normalized spacial score (nSPS) is 13.2. The molecule has 0 saturated heterocycles. The van der Waals surface area contributed by atoms with Gasteiger partial charge in [0.15, 0.2) is 7.28 Å². The standard InChI is InChI=1S/C16H17BFN2/c1-10-8-12(2-3-14(10)18)16-15-11(4-6-17-15)9-13(20-16)5-7-19/h2-3,8-9H,4-7,19H2,1H3. The molecule has 1 radical (unpaired) electrons. The average Bonchev–Trinajstić information content (AvgIpc) is 2.89. The van der Waals surface area contributed by atoms with Gasteiger partial charge >= 0.3 is 0 Å². The number of rotatable bonds is 3. The van der Waals surface area contributed by atoms with Crippen molar-refractivity contribution in [2.24, 2.45) is 5.73 Å². The second-order valence-electron chi connectivity index (χ2n) is 5.28. The molecule has 0 atom stereocenters. The number of nitrogens with zero attached hydrogens (tertiary/aromatic N) is 1. The predicted molar refractivity (Wildman–Crippen MR) is 81.0 cm³/mol. The van der Waals surface area contributed by atoms with E-state index in [0.717, 1.165) is 36.1 Å². The average molecular weight is 267 g/mol. The van der Waals surface area contributed by atoms with Crippen LogP contribution in [0.5, 0.6) is 0 Å². The van der Waals surface area contributed by atoms with Gasteiger partial charge in [0.2, 0.25) is 0 Å². The Hall–Kier alpha value is -1.68. The lowest BCUT2D eigenvalue weighted by Crippen LogP contribution is -2.18. The Bertz CT molecular complexity index is 655. The molecule has 0 amide bonds. The molecule has 0 bridgehead atoms. The summed E-state index contributed by atoms with van der Waals surface area (Å²) in [5.74, 6) is -0.174. The number of benzene rings is 1. The molecular weight excluding hydrogens is 250 g/mol. The van der Waals surface area contributed by atoms with E-state index in [4.69, 9.17) is 10.7 Å². The van der Waals surface area contributed by atoms with Gasteiger partial charge in [-0.05, 0) is 49.7 Å². The van der Waals surface area contributed by atoms with Gasteiger partial charge in [-0.3, -0.25) is 4.98 Å². The zero-order chi connectivity index (χ0) is 14.1. The van der Waals surface area contributed by atoms with Gasteiger partial charge in [0.05, 0.1) is 5.69 Å². The summed E-state index contributed by atoms with van der Waals surface area (Å²) >= 11 is 0. The lowest BCUT2D eigenvalue weighted by molar-refractivity contribution is 0.619. The van der Waals surface area contributed by atoms with Crippen molar-refractivity contribution in [2.75, 3.05) is 6.54 Å². The van der Waals surface area contributed by atoms with Crippen LogP contribution in [0.15, 0.2) is 24.3 Å². The third kappa shape index (κ3) is 2.36. The molecule has 20 heavy (non-hydrogen) atoms. The molecule has 0 saturated carbocycles. The zero-order valence-electron chi connectivity index (χ0n) is 11.6. The third-order valence-corrected chi connectivity index (χ3v) is 3.79. The van der Waals surface area contributed by atoms with E-state index in [-0.39, 0.29) is 5.82 Å². The highest BCUT2D eigenvalue weighted by Gasteiger charge is 2.19. The Morgan fingerprint density at radius 1 is 1.35 bits per heavy atom. The SMILES string of the molecule is Cc1cc(-c2nc(CCN)cc3c2[B]CC3)ccc1F. The molecule has 1 aliphatic heterocycles. The summed E-state index contributed by atoms with van der Waals surface area (Å²) in [5, 5.41) is 0. The van der Waals surface area contributed by atoms with Gasteiger partial charge in [-0.25, -0.2) is 4.39 Å². The first kappa shape index (κ1) is 13.3. The summed E-state index contributed by atoms with van der Waals surface area (Å²) in [5.41, 5.74) is 11.8. The number of fused-ring (bicyclic) bond motifs is 1. The van der Waals surface area contributed by atoms with Gasteiger partial charge in [0.25, 0.3) is 0 Å². The maximum absolute atomic E-state index is 13.4.